The predicted octanol–water partition coefficient (Wildman–Crippen LogP) is 3.11. The molecule has 1 N–H and O–H groups in total. The summed E-state index contributed by atoms with van der Waals surface area (Å²) >= 11 is 1.91. The molecule has 2 aromatic rings. The Hall–Kier alpha value is -1.74. The van der Waals surface area contributed by atoms with Gasteiger partial charge in [-0.2, -0.15) is 22.0 Å². The monoisotopic (exact) mass is 274 g/mol. The van der Waals surface area contributed by atoms with Gasteiger partial charge in [-0.05, 0) is 25.0 Å². The molecule has 0 radical (unpaired) electrons. The zero-order valence-electron chi connectivity index (χ0n) is 10.4. The summed E-state index contributed by atoms with van der Waals surface area (Å²) in [6.07, 6.45) is 5.29. The second-order valence-corrected chi connectivity index (χ2v) is 5.92. The first-order valence-electron chi connectivity index (χ1n) is 6.39. The van der Waals surface area contributed by atoms with Crippen molar-refractivity contribution in [2.24, 2.45) is 0 Å². The molecule has 6 heteroatoms. The van der Waals surface area contributed by atoms with Crippen LogP contribution in [-0.4, -0.2) is 20.4 Å². The van der Waals surface area contributed by atoms with Crippen LogP contribution in [0.3, 0.4) is 0 Å². The van der Waals surface area contributed by atoms with E-state index in [0.717, 1.165) is 16.8 Å². The molecule has 0 aliphatic heterocycles. The van der Waals surface area contributed by atoms with Crippen LogP contribution in [0.15, 0.2) is 16.7 Å². The lowest BCUT2D eigenvalue weighted by molar-refractivity contribution is 0.424. The van der Waals surface area contributed by atoms with Crippen molar-refractivity contribution < 1.29 is 4.52 Å². The van der Waals surface area contributed by atoms with Gasteiger partial charge in [-0.3, -0.25) is 0 Å². The van der Waals surface area contributed by atoms with Crippen LogP contribution in [0, 0.1) is 11.3 Å². The minimum Gasteiger partial charge on any atom is -0.342 e. The summed E-state index contributed by atoms with van der Waals surface area (Å²) in [6, 6.07) is 5.52. The fourth-order valence-electron chi connectivity index (χ4n) is 2.25. The second kappa shape index (κ2) is 5.49. The highest BCUT2D eigenvalue weighted by Crippen LogP contribution is 2.31. The van der Waals surface area contributed by atoms with Crippen LogP contribution in [-0.2, 0) is 5.75 Å². The molecule has 0 spiro atoms. The largest absolute Gasteiger partial charge is 0.342 e. The third-order valence-electron chi connectivity index (χ3n) is 3.26. The molecule has 1 fully saturated rings. The summed E-state index contributed by atoms with van der Waals surface area (Å²) in [5.74, 6) is 1.96. The van der Waals surface area contributed by atoms with Crippen molar-refractivity contribution in [3.8, 4) is 17.7 Å². The molecule has 5 nitrogen and oxygen atoms in total. The Morgan fingerprint density at radius 3 is 3.00 bits per heavy atom. The summed E-state index contributed by atoms with van der Waals surface area (Å²) in [5, 5.41) is 13.5. The van der Waals surface area contributed by atoms with E-state index >= 15 is 0 Å². The minimum atomic E-state index is 0.448. The Balaban J connectivity index is 1.64. The van der Waals surface area contributed by atoms with Crippen LogP contribution in [0.4, 0.5) is 0 Å². The van der Waals surface area contributed by atoms with Gasteiger partial charge in [0, 0.05) is 5.25 Å². The van der Waals surface area contributed by atoms with Crippen molar-refractivity contribution in [2.75, 3.05) is 0 Å². The van der Waals surface area contributed by atoms with Crippen LogP contribution in [0.5, 0.6) is 0 Å². The topological polar surface area (TPSA) is 78.5 Å². The maximum atomic E-state index is 8.76. The molecule has 98 valence electrons. The summed E-state index contributed by atoms with van der Waals surface area (Å²) < 4.78 is 5.21. The summed E-state index contributed by atoms with van der Waals surface area (Å²) in [6.45, 7) is 0. The van der Waals surface area contributed by atoms with E-state index in [4.69, 9.17) is 9.78 Å². The van der Waals surface area contributed by atoms with Crippen LogP contribution in [0.1, 0.15) is 37.2 Å². The highest BCUT2D eigenvalue weighted by atomic mass is 32.2. The van der Waals surface area contributed by atoms with E-state index in [2.05, 4.69) is 15.1 Å². The summed E-state index contributed by atoms with van der Waals surface area (Å²) in [5.41, 5.74) is 1.19. The van der Waals surface area contributed by atoms with Crippen molar-refractivity contribution in [1.82, 2.24) is 15.1 Å². The number of nitrogens with one attached hydrogen (secondary N) is 1. The molecule has 2 aromatic heterocycles. The van der Waals surface area contributed by atoms with Gasteiger partial charge in [0.25, 0.3) is 5.89 Å². The van der Waals surface area contributed by atoms with Gasteiger partial charge in [0.2, 0.25) is 0 Å². The number of H-pyrrole nitrogens is 1. The number of thioether (sulfide) groups is 1. The molecule has 0 atom stereocenters. The van der Waals surface area contributed by atoms with Gasteiger partial charge in [-0.1, -0.05) is 18.0 Å². The molecule has 1 aliphatic carbocycles. The standard InChI is InChI=1S/C13H14N4OS/c14-7-9-5-6-11(15-9)13-16-12(17-18-13)8-19-10-3-1-2-4-10/h5-6,10,15H,1-4,8H2. The zero-order chi connectivity index (χ0) is 13.1. The van der Waals surface area contributed by atoms with Gasteiger partial charge in [0.05, 0.1) is 5.75 Å². The van der Waals surface area contributed by atoms with Gasteiger partial charge in [-0.25, -0.2) is 0 Å². The maximum Gasteiger partial charge on any atom is 0.274 e. The summed E-state index contributed by atoms with van der Waals surface area (Å²) in [7, 11) is 0. The normalized spacial score (nSPS) is 15.7. The number of hydrogen-bond acceptors (Lipinski definition) is 5. The van der Waals surface area contributed by atoms with E-state index in [1.807, 2.05) is 17.8 Å². The Kier molecular flexibility index (Phi) is 3.56. The molecule has 1 aliphatic rings. The maximum absolute atomic E-state index is 8.76. The zero-order valence-corrected chi connectivity index (χ0v) is 11.2. The van der Waals surface area contributed by atoms with Crippen molar-refractivity contribution >= 4 is 11.8 Å². The van der Waals surface area contributed by atoms with Gasteiger partial charge in [0.15, 0.2) is 5.82 Å². The molecule has 2 heterocycles. The average molecular weight is 274 g/mol. The number of nitrogens with zero attached hydrogens (tertiary/aromatic N) is 3. The molecule has 0 bridgehead atoms. The van der Waals surface area contributed by atoms with Crippen LogP contribution in [0.25, 0.3) is 11.6 Å². The Labute approximate surface area is 115 Å². The number of aromatic amines is 1. The molecule has 1 saturated carbocycles. The molecule has 0 saturated heterocycles. The molecular formula is C13H14N4OS. The summed E-state index contributed by atoms with van der Waals surface area (Å²) in [4.78, 5) is 7.28. The number of nitriles is 1. The SMILES string of the molecule is N#Cc1ccc(-c2nc(CSC3CCCC3)no2)[nH]1. The van der Waals surface area contributed by atoms with Crippen LogP contribution in [0.2, 0.25) is 0 Å². The average Bonchev–Trinajstić information content (AvgIpc) is 3.16. The fourth-order valence-corrected chi connectivity index (χ4v) is 3.42. The highest BCUT2D eigenvalue weighted by molar-refractivity contribution is 7.99. The van der Waals surface area contributed by atoms with Crippen molar-refractivity contribution in [1.29, 1.82) is 5.26 Å². The smallest absolute Gasteiger partial charge is 0.274 e. The fraction of sp³-hybridized carbons (Fsp3) is 0.462. The lowest BCUT2D eigenvalue weighted by Gasteiger charge is -2.04. The Morgan fingerprint density at radius 2 is 2.26 bits per heavy atom. The van der Waals surface area contributed by atoms with Crippen LogP contribution < -0.4 is 0 Å². The van der Waals surface area contributed by atoms with Crippen molar-refractivity contribution in [3.05, 3.63) is 23.7 Å². The molecular weight excluding hydrogens is 260 g/mol. The van der Waals surface area contributed by atoms with E-state index in [1.165, 1.54) is 25.7 Å². The number of hydrogen-bond donors (Lipinski definition) is 1. The van der Waals surface area contributed by atoms with Gasteiger partial charge in [0.1, 0.15) is 17.5 Å². The van der Waals surface area contributed by atoms with E-state index in [0.29, 0.717) is 17.3 Å². The first kappa shape index (κ1) is 12.3. The molecule has 0 amide bonds. The van der Waals surface area contributed by atoms with Gasteiger partial charge < -0.3 is 9.51 Å². The molecule has 0 aromatic carbocycles. The van der Waals surface area contributed by atoms with E-state index in [1.54, 1.807) is 12.1 Å². The molecule has 19 heavy (non-hydrogen) atoms. The van der Waals surface area contributed by atoms with Gasteiger partial charge >= 0.3 is 0 Å². The van der Waals surface area contributed by atoms with E-state index < -0.39 is 0 Å². The lowest BCUT2D eigenvalue weighted by Crippen LogP contribution is -1.95. The second-order valence-electron chi connectivity index (χ2n) is 4.63. The molecule has 3 rings (SSSR count). The first-order valence-corrected chi connectivity index (χ1v) is 7.43. The number of aromatic nitrogens is 3. The first-order chi connectivity index (χ1) is 9.35. The highest BCUT2D eigenvalue weighted by Gasteiger charge is 2.17. The van der Waals surface area contributed by atoms with Crippen molar-refractivity contribution in [2.45, 2.75) is 36.7 Å². The lowest BCUT2D eigenvalue weighted by atomic mass is 10.4. The Morgan fingerprint density at radius 1 is 1.42 bits per heavy atom. The van der Waals surface area contributed by atoms with Crippen molar-refractivity contribution in [3.63, 3.8) is 0 Å². The van der Waals surface area contributed by atoms with E-state index in [-0.39, 0.29) is 0 Å². The quantitative estimate of drug-likeness (QED) is 0.926. The number of rotatable bonds is 4. The molecule has 0 unspecified atom stereocenters. The predicted molar refractivity (Wildman–Crippen MR) is 72.4 cm³/mol. The third-order valence-corrected chi connectivity index (χ3v) is 4.62. The Bertz CT molecular complexity index is 592. The minimum absolute atomic E-state index is 0.448. The third kappa shape index (κ3) is 2.82. The van der Waals surface area contributed by atoms with Gasteiger partial charge in [-0.15, -0.1) is 0 Å². The van der Waals surface area contributed by atoms with Crippen LogP contribution >= 0.6 is 11.8 Å². The van der Waals surface area contributed by atoms with E-state index in [9.17, 15) is 0 Å².